The minimum absolute atomic E-state index is 0.170. The predicted molar refractivity (Wildman–Crippen MR) is 60.5 cm³/mol. The van der Waals surface area contributed by atoms with Gasteiger partial charge in [-0.2, -0.15) is 0 Å². The summed E-state index contributed by atoms with van der Waals surface area (Å²) in [5, 5.41) is 11.0. The summed E-state index contributed by atoms with van der Waals surface area (Å²) in [5.74, 6) is -1.47. The molecule has 1 unspecified atom stereocenters. The zero-order valence-electron chi connectivity index (χ0n) is 9.34. The first-order valence-corrected chi connectivity index (χ1v) is 4.94. The van der Waals surface area contributed by atoms with Crippen molar-refractivity contribution < 1.29 is 19.4 Å². The summed E-state index contributed by atoms with van der Waals surface area (Å²) < 4.78 is 5.09. The molecule has 0 aliphatic heterocycles. The number of para-hydroxylation sites is 1. The van der Waals surface area contributed by atoms with Gasteiger partial charge in [-0.25, -0.2) is 4.79 Å². The summed E-state index contributed by atoms with van der Waals surface area (Å²) >= 11 is 0. The number of carboxylic acid groups (broad SMARTS) is 1. The average molecular weight is 238 g/mol. The molecular formula is C11H14N2O4. The van der Waals surface area contributed by atoms with Crippen molar-refractivity contribution >= 4 is 11.9 Å². The Morgan fingerprint density at radius 1 is 1.47 bits per heavy atom. The summed E-state index contributed by atoms with van der Waals surface area (Å²) in [6, 6.07) is 5.56. The van der Waals surface area contributed by atoms with Crippen LogP contribution in [-0.4, -0.2) is 30.1 Å². The third-order valence-electron chi connectivity index (χ3n) is 2.19. The van der Waals surface area contributed by atoms with Crippen molar-refractivity contribution in [2.24, 2.45) is 5.73 Å². The second-order valence-electron chi connectivity index (χ2n) is 3.35. The lowest BCUT2D eigenvalue weighted by atomic mass is 10.2. The molecule has 17 heavy (non-hydrogen) atoms. The van der Waals surface area contributed by atoms with Crippen LogP contribution >= 0.6 is 0 Å². The van der Waals surface area contributed by atoms with Gasteiger partial charge in [0.1, 0.15) is 5.75 Å². The number of carboxylic acids is 1. The highest BCUT2D eigenvalue weighted by atomic mass is 16.5. The third kappa shape index (κ3) is 3.46. The molecule has 92 valence electrons. The zero-order valence-corrected chi connectivity index (χ0v) is 9.34. The third-order valence-corrected chi connectivity index (χ3v) is 2.19. The number of carbonyl (C=O) groups is 2. The van der Waals surface area contributed by atoms with Crippen LogP contribution < -0.4 is 15.8 Å². The fourth-order valence-corrected chi connectivity index (χ4v) is 1.25. The number of benzene rings is 1. The Balaban J connectivity index is 2.61. The van der Waals surface area contributed by atoms with E-state index in [1.807, 2.05) is 0 Å². The summed E-state index contributed by atoms with van der Waals surface area (Å²) in [6.45, 7) is 0.170. The lowest BCUT2D eigenvalue weighted by Crippen LogP contribution is -2.45. The highest BCUT2D eigenvalue weighted by molar-refractivity contribution is 6.00. The minimum atomic E-state index is -1.55. The fourth-order valence-electron chi connectivity index (χ4n) is 1.25. The van der Waals surface area contributed by atoms with Gasteiger partial charge in [0.2, 0.25) is 5.91 Å². The fraction of sp³-hybridized carbons (Fsp3) is 0.273. The molecule has 6 nitrogen and oxygen atoms in total. The van der Waals surface area contributed by atoms with E-state index in [9.17, 15) is 9.59 Å². The molecular weight excluding hydrogens is 224 g/mol. The Bertz CT molecular complexity index is 420. The van der Waals surface area contributed by atoms with Gasteiger partial charge in [0.15, 0.2) is 6.04 Å². The Labute approximate surface area is 98.4 Å². The summed E-state index contributed by atoms with van der Waals surface area (Å²) in [7, 11) is 1.52. The molecule has 0 fully saturated rings. The molecule has 4 N–H and O–H groups in total. The Hall–Kier alpha value is -2.08. The lowest BCUT2D eigenvalue weighted by molar-refractivity contribution is -0.142. The summed E-state index contributed by atoms with van der Waals surface area (Å²) in [4.78, 5) is 21.8. The van der Waals surface area contributed by atoms with E-state index in [0.717, 1.165) is 5.56 Å². The van der Waals surface area contributed by atoms with Crippen LogP contribution in [0.25, 0.3) is 0 Å². The van der Waals surface area contributed by atoms with E-state index < -0.39 is 17.9 Å². The molecule has 0 radical (unpaired) electrons. The standard InChI is InChI=1S/C11H14N2O4/c1-17-8-5-3-2-4-7(8)6-13-10(14)9(12)11(15)16/h2-5,9H,6,12H2,1H3,(H,13,14)(H,15,16). The summed E-state index contributed by atoms with van der Waals surface area (Å²) in [5.41, 5.74) is 5.90. The molecule has 0 saturated carbocycles. The van der Waals surface area contributed by atoms with Crippen LogP contribution in [0.15, 0.2) is 24.3 Å². The van der Waals surface area contributed by atoms with Gasteiger partial charge in [-0.15, -0.1) is 0 Å². The predicted octanol–water partition coefficient (Wildman–Crippen LogP) is -0.277. The molecule has 6 heteroatoms. The van der Waals surface area contributed by atoms with Crippen LogP contribution in [-0.2, 0) is 16.1 Å². The molecule has 0 aromatic heterocycles. The van der Waals surface area contributed by atoms with Gasteiger partial charge >= 0.3 is 5.97 Å². The van der Waals surface area contributed by atoms with Crippen LogP contribution in [0.1, 0.15) is 5.56 Å². The molecule has 0 heterocycles. The number of aliphatic carboxylic acids is 1. The van der Waals surface area contributed by atoms with Crippen molar-refractivity contribution in [1.29, 1.82) is 0 Å². The number of hydrogen-bond acceptors (Lipinski definition) is 4. The Morgan fingerprint density at radius 3 is 2.71 bits per heavy atom. The maximum atomic E-state index is 11.3. The smallest absolute Gasteiger partial charge is 0.330 e. The van der Waals surface area contributed by atoms with E-state index in [1.54, 1.807) is 24.3 Å². The number of carbonyl (C=O) groups excluding carboxylic acids is 1. The highest BCUT2D eigenvalue weighted by Gasteiger charge is 2.20. The number of nitrogens with two attached hydrogens (primary N) is 1. The van der Waals surface area contributed by atoms with Crippen LogP contribution in [0.5, 0.6) is 5.75 Å². The van der Waals surface area contributed by atoms with Crippen LogP contribution in [0.4, 0.5) is 0 Å². The number of nitrogens with one attached hydrogen (secondary N) is 1. The Morgan fingerprint density at radius 2 is 2.12 bits per heavy atom. The van der Waals surface area contributed by atoms with Crippen LogP contribution in [0.2, 0.25) is 0 Å². The number of ether oxygens (including phenoxy) is 1. The van der Waals surface area contributed by atoms with Gasteiger partial charge in [-0.1, -0.05) is 18.2 Å². The molecule has 0 spiro atoms. The first kappa shape index (κ1) is 13.0. The number of methoxy groups -OCH3 is 1. The van der Waals surface area contributed by atoms with E-state index in [1.165, 1.54) is 7.11 Å². The quantitative estimate of drug-likeness (QED) is 0.612. The van der Waals surface area contributed by atoms with E-state index in [-0.39, 0.29) is 6.54 Å². The minimum Gasteiger partial charge on any atom is -0.496 e. The molecule has 0 bridgehead atoms. The van der Waals surface area contributed by atoms with Crippen LogP contribution in [0.3, 0.4) is 0 Å². The van der Waals surface area contributed by atoms with E-state index in [2.05, 4.69) is 5.32 Å². The van der Waals surface area contributed by atoms with Gasteiger partial charge in [-0.3, -0.25) is 4.79 Å². The number of rotatable bonds is 5. The van der Waals surface area contributed by atoms with Gasteiger partial charge < -0.3 is 20.9 Å². The normalized spacial score (nSPS) is 11.6. The maximum absolute atomic E-state index is 11.3. The van der Waals surface area contributed by atoms with Crippen molar-refractivity contribution in [1.82, 2.24) is 5.32 Å². The molecule has 1 aromatic carbocycles. The van der Waals surface area contributed by atoms with Gasteiger partial charge in [0, 0.05) is 12.1 Å². The van der Waals surface area contributed by atoms with Crippen LogP contribution in [0, 0.1) is 0 Å². The number of amides is 1. The molecule has 1 atom stereocenters. The molecule has 0 saturated heterocycles. The highest BCUT2D eigenvalue weighted by Crippen LogP contribution is 2.16. The topological polar surface area (TPSA) is 102 Å². The van der Waals surface area contributed by atoms with E-state index in [4.69, 9.17) is 15.6 Å². The zero-order chi connectivity index (χ0) is 12.8. The van der Waals surface area contributed by atoms with Gasteiger partial charge in [0.05, 0.1) is 7.11 Å². The second-order valence-corrected chi connectivity index (χ2v) is 3.35. The van der Waals surface area contributed by atoms with E-state index >= 15 is 0 Å². The Kier molecular flexibility index (Phi) is 4.47. The maximum Gasteiger partial charge on any atom is 0.330 e. The van der Waals surface area contributed by atoms with Gasteiger partial charge in [0.25, 0.3) is 0 Å². The SMILES string of the molecule is COc1ccccc1CNC(=O)C(N)C(=O)O. The largest absolute Gasteiger partial charge is 0.496 e. The first-order valence-electron chi connectivity index (χ1n) is 4.94. The summed E-state index contributed by atoms with van der Waals surface area (Å²) in [6.07, 6.45) is 0. The van der Waals surface area contributed by atoms with E-state index in [0.29, 0.717) is 5.75 Å². The number of hydrogen-bond donors (Lipinski definition) is 3. The molecule has 1 aromatic rings. The monoisotopic (exact) mass is 238 g/mol. The molecule has 1 rings (SSSR count). The van der Waals surface area contributed by atoms with Crippen molar-refractivity contribution in [3.63, 3.8) is 0 Å². The second kappa shape index (κ2) is 5.86. The lowest BCUT2D eigenvalue weighted by Gasteiger charge is -2.11. The first-order chi connectivity index (χ1) is 8.06. The van der Waals surface area contributed by atoms with Crippen molar-refractivity contribution in [3.05, 3.63) is 29.8 Å². The van der Waals surface area contributed by atoms with Crippen molar-refractivity contribution in [2.45, 2.75) is 12.6 Å². The molecule has 0 aliphatic rings. The van der Waals surface area contributed by atoms with Gasteiger partial charge in [-0.05, 0) is 6.07 Å². The van der Waals surface area contributed by atoms with Crippen molar-refractivity contribution in [3.8, 4) is 5.75 Å². The molecule has 1 amide bonds. The molecule has 0 aliphatic carbocycles. The van der Waals surface area contributed by atoms with Crippen molar-refractivity contribution in [2.75, 3.05) is 7.11 Å². The average Bonchev–Trinajstić information content (AvgIpc) is 2.35.